The minimum atomic E-state index is -4.36. The zero-order chi connectivity index (χ0) is 11.8. The monoisotopic (exact) mass is 350 g/mol. The van der Waals surface area contributed by atoms with Crippen LogP contribution in [0.2, 0.25) is 0 Å². The van der Waals surface area contributed by atoms with Gasteiger partial charge in [-0.2, -0.15) is 0 Å². The maximum absolute atomic E-state index is 12.4. The van der Waals surface area contributed by atoms with Gasteiger partial charge >= 0.3 is 0 Å². The molecular formula is C6H5F2IN2O3S. The average molecular weight is 350 g/mol. The summed E-state index contributed by atoms with van der Waals surface area (Å²) in [6, 6.07) is 0.795. The van der Waals surface area contributed by atoms with Crippen molar-refractivity contribution < 1.29 is 17.2 Å². The number of halogens is 3. The van der Waals surface area contributed by atoms with Crippen LogP contribution in [0.4, 0.5) is 8.78 Å². The number of hydrogen-bond donors (Lipinski definition) is 2. The van der Waals surface area contributed by atoms with Crippen molar-refractivity contribution in [3.63, 3.8) is 0 Å². The summed E-state index contributed by atoms with van der Waals surface area (Å²) in [5.74, 6) is 0. The minimum absolute atomic E-state index is 0.0321. The molecule has 1 heterocycles. The van der Waals surface area contributed by atoms with Crippen molar-refractivity contribution in [1.82, 2.24) is 4.98 Å². The Labute approximate surface area is 96.9 Å². The van der Waals surface area contributed by atoms with Crippen LogP contribution in [0.1, 0.15) is 12.0 Å². The number of rotatable bonds is 2. The second-order valence-corrected chi connectivity index (χ2v) is 5.24. The van der Waals surface area contributed by atoms with Gasteiger partial charge in [0.2, 0.25) is 0 Å². The highest BCUT2D eigenvalue weighted by Crippen LogP contribution is 2.24. The van der Waals surface area contributed by atoms with E-state index in [1.165, 1.54) is 22.6 Å². The van der Waals surface area contributed by atoms with Gasteiger partial charge in [-0.3, -0.25) is 4.79 Å². The maximum Gasteiger partial charge on any atom is 0.266 e. The van der Waals surface area contributed by atoms with Gasteiger partial charge < -0.3 is 4.98 Å². The van der Waals surface area contributed by atoms with Crippen LogP contribution in [0.5, 0.6) is 0 Å². The molecule has 0 fully saturated rings. The molecular weight excluding hydrogens is 345 g/mol. The molecule has 0 aliphatic rings. The molecule has 0 unspecified atom stereocenters. The molecule has 5 nitrogen and oxygen atoms in total. The third kappa shape index (κ3) is 2.72. The molecule has 15 heavy (non-hydrogen) atoms. The van der Waals surface area contributed by atoms with Crippen LogP contribution in [0.15, 0.2) is 15.9 Å². The fourth-order valence-electron chi connectivity index (χ4n) is 0.900. The largest absolute Gasteiger partial charge is 0.311 e. The molecule has 0 atom stereocenters. The van der Waals surface area contributed by atoms with Gasteiger partial charge in [-0.1, -0.05) is 0 Å². The number of hydrogen-bond acceptors (Lipinski definition) is 3. The second kappa shape index (κ2) is 4.14. The van der Waals surface area contributed by atoms with E-state index < -0.39 is 32.6 Å². The van der Waals surface area contributed by atoms with E-state index in [4.69, 9.17) is 0 Å². The van der Waals surface area contributed by atoms with Gasteiger partial charge in [0.25, 0.3) is 22.0 Å². The van der Waals surface area contributed by atoms with Gasteiger partial charge in [0.1, 0.15) is 0 Å². The van der Waals surface area contributed by atoms with Crippen LogP contribution in [-0.4, -0.2) is 13.4 Å². The summed E-state index contributed by atoms with van der Waals surface area (Å²) in [6.07, 6.45) is -3.02. The topological polar surface area (TPSA) is 93.0 Å². The molecule has 0 saturated carbocycles. The Morgan fingerprint density at radius 3 is 2.40 bits per heavy atom. The molecule has 0 aliphatic carbocycles. The summed E-state index contributed by atoms with van der Waals surface area (Å²) >= 11 is 1.52. The van der Waals surface area contributed by atoms with E-state index in [2.05, 4.69) is 5.14 Å². The minimum Gasteiger partial charge on any atom is -0.311 e. The number of H-pyrrole nitrogens is 1. The van der Waals surface area contributed by atoms with Crippen LogP contribution in [0.3, 0.4) is 0 Å². The zero-order valence-electron chi connectivity index (χ0n) is 7.00. The van der Waals surface area contributed by atoms with Crippen molar-refractivity contribution in [3.8, 4) is 0 Å². The van der Waals surface area contributed by atoms with Crippen molar-refractivity contribution in [1.29, 1.82) is 0 Å². The summed E-state index contributed by atoms with van der Waals surface area (Å²) in [4.78, 5) is 12.8. The Hall–Kier alpha value is -0.550. The summed E-state index contributed by atoms with van der Waals surface area (Å²) in [7, 11) is -4.36. The molecule has 3 N–H and O–H groups in total. The molecule has 84 valence electrons. The van der Waals surface area contributed by atoms with Crippen molar-refractivity contribution in [3.05, 3.63) is 25.6 Å². The summed E-state index contributed by atoms with van der Waals surface area (Å²) in [5, 5.41) is 3.74. The third-order valence-electron chi connectivity index (χ3n) is 1.51. The normalized spacial score (nSPS) is 12.1. The number of aromatic nitrogens is 1. The SMILES string of the molecule is NS(=O)(=O)c1[nH]c(=O)c(I)cc1C(F)F. The number of aromatic amines is 1. The summed E-state index contributed by atoms with van der Waals surface area (Å²) < 4.78 is 46.6. The molecule has 0 radical (unpaired) electrons. The van der Waals surface area contributed by atoms with Gasteiger partial charge in [0.05, 0.1) is 9.13 Å². The van der Waals surface area contributed by atoms with Gasteiger partial charge in [-0.05, 0) is 28.7 Å². The number of alkyl halides is 2. The smallest absolute Gasteiger partial charge is 0.266 e. The lowest BCUT2D eigenvalue weighted by Crippen LogP contribution is -2.23. The highest BCUT2D eigenvalue weighted by Gasteiger charge is 2.22. The molecule has 0 amide bonds. The van der Waals surface area contributed by atoms with Crippen LogP contribution in [-0.2, 0) is 10.0 Å². The Bertz CT molecular complexity index is 540. The maximum atomic E-state index is 12.4. The van der Waals surface area contributed by atoms with E-state index in [1.807, 2.05) is 4.98 Å². The van der Waals surface area contributed by atoms with Crippen molar-refractivity contribution >= 4 is 32.6 Å². The zero-order valence-corrected chi connectivity index (χ0v) is 9.97. The number of pyridine rings is 1. The first kappa shape index (κ1) is 12.5. The Kier molecular flexibility index (Phi) is 3.45. The molecule has 1 aromatic rings. The third-order valence-corrected chi connectivity index (χ3v) is 3.22. The standard InChI is InChI=1S/C6H5F2IN2O3S/c7-4(8)2-1-3(9)5(12)11-6(2)15(10,13)14/h1,4H,(H,11,12)(H2,10,13,14). The van der Waals surface area contributed by atoms with Crippen LogP contribution in [0, 0.1) is 3.57 Å². The number of nitrogens with one attached hydrogen (secondary N) is 1. The lowest BCUT2D eigenvalue weighted by Gasteiger charge is -2.06. The first-order valence-electron chi connectivity index (χ1n) is 3.47. The summed E-state index contributed by atoms with van der Waals surface area (Å²) in [5.41, 5.74) is -1.58. The molecule has 0 aliphatic heterocycles. The lowest BCUT2D eigenvalue weighted by atomic mass is 10.3. The fraction of sp³-hybridized carbons (Fsp3) is 0.167. The molecule has 0 spiro atoms. The average Bonchev–Trinajstić information content (AvgIpc) is 2.06. The quantitative estimate of drug-likeness (QED) is 0.764. The molecule has 1 aromatic heterocycles. The Morgan fingerprint density at radius 2 is 2.00 bits per heavy atom. The van der Waals surface area contributed by atoms with Gasteiger partial charge in [-0.15, -0.1) is 0 Å². The predicted octanol–water partition coefficient (Wildman–Crippen LogP) is 0.565. The van der Waals surface area contributed by atoms with Gasteiger partial charge in [0.15, 0.2) is 5.03 Å². The highest BCUT2D eigenvalue weighted by molar-refractivity contribution is 14.1. The van der Waals surface area contributed by atoms with Crippen molar-refractivity contribution in [2.75, 3.05) is 0 Å². The fourth-order valence-corrected chi connectivity index (χ4v) is 2.08. The Morgan fingerprint density at radius 1 is 1.47 bits per heavy atom. The lowest BCUT2D eigenvalue weighted by molar-refractivity contribution is 0.147. The van der Waals surface area contributed by atoms with E-state index in [1.54, 1.807) is 0 Å². The molecule has 9 heteroatoms. The summed E-state index contributed by atoms with van der Waals surface area (Å²) in [6.45, 7) is 0. The van der Waals surface area contributed by atoms with Crippen LogP contribution < -0.4 is 10.7 Å². The van der Waals surface area contributed by atoms with E-state index in [-0.39, 0.29) is 3.57 Å². The predicted molar refractivity (Wildman–Crippen MR) is 56.1 cm³/mol. The molecule has 0 aromatic carbocycles. The molecule has 0 saturated heterocycles. The second-order valence-electron chi connectivity index (χ2n) is 2.58. The number of sulfonamides is 1. The molecule has 0 bridgehead atoms. The van der Waals surface area contributed by atoms with Crippen molar-refractivity contribution in [2.45, 2.75) is 11.5 Å². The van der Waals surface area contributed by atoms with E-state index in [0.717, 1.165) is 6.07 Å². The van der Waals surface area contributed by atoms with Crippen LogP contribution >= 0.6 is 22.6 Å². The number of primary sulfonamides is 1. The number of nitrogens with two attached hydrogens (primary N) is 1. The van der Waals surface area contributed by atoms with E-state index in [9.17, 15) is 22.0 Å². The highest BCUT2D eigenvalue weighted by atomic mass is 127. The van der Waals surface area contributed by atoms with Crippen molar-refractivity contribution in [2.24, 2.45) is 5.14 Å². The van der Waals surface area contributed by atoms with E-state index in [0.29, 0.717) is 0 Å². The van der Waals surface area contributed by atoms with E-state index >= 15 is 0 Å². The molecule has 1 rings (SSSR count). The van der Waals surface area contributed by atoms with Gasteiger partial charge in [-0.25, -0.2) is 22.3 Å². The first-order valence-corrected chi connectivity index (χ1v) is 6.09. The first-order chi connectivity index (χ1) is 6.73. The van der Waals surface area contributed by atoms with Gasteiger partial charge in [0, 0.05) is 0 Å². The van der Waals surface area contributed by atoms with Crippen LogP contribution in [0.25, 0.3) is 0 Å². The Balaban J connectivity index is 3.64.